The van der Waals surface area contributed by atoms with Crippen LogP contribution in [0.25, 0.3) is 0 Å². The van der Waals surface area contributed by atoms with Gasteiger partial charge in [0.1, 0.15) is 10.7 Å². The maximum Gasteiger partial charge on any atom is 0.119 e. The Hall–Kier alpha value is -1.17. The van der Waals surface area contributed by atoms with Gasteiger partial charge in [0.05, 0.1) is 12.7 Å². The van der Waals surface area contributed by atoms with Gasteiger partial charge in [0.2, 0.25) is 0 Å². The van der Waals surface area contributed by atoms with Crippen LogP contribution in [0.15, 0.2) is 24.3 Å². The Kier molecular flexibility index (Phi) is 5.96. The average Bonchev–Trinajstić information content (AvgIpc) is 2.90. The molecule has 116 valence electrons. The van der Waals surface area contributed by atoms with E-state index in [9.17, 15) is 0 Å². The summed E-state index contributed by atoms with van der Waals surface area (Å²) in [4.78, 5) is 2.79. The molecule has 2 atom stereocenters. The molecule has 1 aliphatic rings. The molecule has 1 fully saturated rings. The molecule has 1 saturated heterocycles. The lowest BCUT2D eigenvalue weighted by Gasteiger charge is -2.26. The standard InChI is InChI=1S/C16H24N2O2S/c1-12-15(8-11-19-12)18(2)9-3-10-20-14-6-4-13(5-7-14)16(17)21/h4-7,12,15H,3,8-11H2,1-2H3,(H2,17,21). The SMILES string of the molecule is CC1OCCC1N(C)CCCOc1ccc(C(N)=S)cc1. The van der Waals surface area contributed by atoms with E-state index in [4.69, 9.17) is 27.4 Å². The number of rotatable bonds is 7. The fourth-order valence-corrected chi connectivity index (χ4v) is 2.82. The number of hydrogen-bond donors (Lipinski definition) is 1. The van der Waals surface area contributed by atoms with E-state index in [0.717, 1.165) is 37.3 Å². The van der Waals surface area contributed by atoms with Crippen molar-refractivity contribution >= 4 is 17.2 Å². The van der Waals surface area contributed by atoms with Gasteiger partial charge in [-0.15, -0.1) is 0 Å². The Bertz CT molecular complexity index is 464. The fraction of sp³-hybridized carbons (Fsp3) is 0.562. The maximum absolute atomic E-state index is 5.74. The second-order valence-electron chi connectivity index (χ2n) is 5.50. The third-order valence-electron chi connectivity index (χ3n) is 3.97. The first-order valence-electron chi connectivity index (χ1n) is 7.42. The highest BCUT2D eigenvalue weighted by molar-refractivity contribution is 7.80. The molecular formula is C16H24N2O2S. The zero-order chi connectivity index (χ0) is 15.2. The summed E-state index contributed by atoms with van der Waals surface area (Å²) in [6.45, 7) is 4.75. The molecule has 2 unspecified atom stereocenters. The van der Waals surface area contributed by atoms with Gasteiger partial charge < -0.3 is 20.1 Å². The first kappa shape index (κ1) is 16.2. The molecule has 0 saturated carbocycles. The monoisotopic (exact) mass is 308 g/mol. The summed E-state index contributed by atoms with van der Waals surface area (Å²) in [5, 5.41) is 0. The van der Waals surface area contributed by atoms with Crippen LogP contribution in [0.2, 0.25) is 0 Å². The van der Waals surface area contributed by atoms with Crippen LogP contribution in [0.4, 0.5) is 0 Å². The van der Waals surface area contributed by atoms with Crippen LogP contribution in [-0.2, 0) is 4.74 Å². The predicted octanol–water partition coefficient (Wildman–Crippen LogP) is 2.20. The fourth-order valence-electron chi connectivity index (χ4n) is 2.68. The van der Waals surface area contributed by atoms with Crippen LogP contribution in [-0.4, -0.2) is 48.8 Å². The number of benzene rings is 1. The van der Waals surface area contributed by atoms with Crippen molar-refractivity contribution in [2.75, 3.05) is 26.8 Å². The molecule has 1 aliphatic heterocycles. The van der Waals surface area contributed by atoms with E-state index in [0.29, 0.717) is 23.7 Å². The van der Waals surface area contributed by atoms with Crippen LogP contribution in [0, 0.1) is 0 Å². The minimum atomic E-state index is 0.337. The van der Waals surface area contributed by atoms with Gasteiger partial charge in [0.15, 0.2) is 0 Å². The largest absolute Gasteiger partial charge is 0.494 e. The van der Waals surface area contributed by atoms with Crippen LogP contribution < -0.4 is 10.5 Å². The number of likely N-dealkylation sites (N-methyl/N-ethyl adjacent to an activating group) is 1. The Labute approximate surface area is 132 Å². The number of nitrogens with zero attached hydrogens (tertiary/aromatic N) is 1. The Balaban J connectivity index is 1.68. The van der Waals surface area contributed by atoms with Crippen LogP contribution in [0.5, 0.6) is 5.75 Å². The minimum Gasteiger partial charge on any atom is -0.494 e. The van der Waals surface area contributed by atoms with Gasteiger partial charge in [-0.05, 0) is 51.1 Å². The summed E-state index contributed by atoms with van der Waals surface area (Å²) in [6, 6.07) is 8.13. The summed E-state index contributed by atoms with van der Waals surface area (Å²) in [6.07, 6.45) is 2.46. The average molecular weight is 308 g/mol. The molecule has 2 rings (SSSR count). The van der Waals surface area contributed by atoms with Gasteiger partial charge >= 0.3 is 0 Å². The van der Waals surface area contributed by atoms with E-state index >= 15 is 0 Å². The van der Waals surface area contributed by atoms with Gasteiger partial charge in [0.25, 0.3) is 0 Å². The Morgan fingerprint density at radius 3 is 2.71 bits per heavy atom. The molecular weight excluding hydrogens is 284 g/mol. The van der Waals surface area contributed by atoms with Gasteiger partial charge in [-0.1, -0.05) is 12.2 Å². The lowest BCUT2D eigenvalue weighted by atomic mass is 10.1. The summed E-state index contributed by atoms with van der Waals surface area (Å²) >= 11 is 4.92. The number of thiocarbonyl (C=S) groups is 1. The van der Waals surface area contributed by atoms with Crippen molar-refractivity contribution in [2.24, 2.45) is 5.73 Å². The molecule has 4 nitrogen and oxygen atoms in total. The van der Waals surface area contributed by atoms with E-state index in [1.165, 1.54) is 0 Å². The second-order valence-corrected chi connectivity index (χ2v) is 5.94. The Morgan fingerprint density at radius 1 is 1.43 bits per heavy atom. The summed E-state index contributed by atoms with van der Waals surface area (Å²) in [5.74, 6) is 0.857. The minimum absolute atomic E-state index is 0.337. The number of ether oxygens (including phenoxy) is 2. The van der Waals surface area contributed by atoms with E-state index in [-0.39, 0.29) is 0 Å². The molecule has 0 aliphatic carbocycles. The maximum atomic E-state index is 5.74. The summed E-state index contributed by atoms with van der Waals surface area (Å²) in [5.41, 5.74) is 6.43. The Morgan fingerprint density at radius 2 is 2.14 bits per heavy atom. The molecule has 21 heavy (non-hydrogen) atoms. The van der Waals surface area contributed by atoms with Crippen molar-refractivity contribution in [3.8, 4) is 5.75 Å². The van der Waals surface area contributed by atoms with E-state index < -0.39 is 0 Å². The molecule has 0 amide bonds. The number of hydrogen-bond acceptors (Lipinski definition) is 4. The topological polar surface area (TPSA) is 47.7 Å². The predicted molar refractivity (Wildman–Crippen MR) is 88.9 cm³/mol. The smallest absolute Gasteiger partial charge is 0.119 e. The molecule has 5 heteroatoms. The van der Waals surface area contributed by atoms with Crippen LogP contribution >= 0.6 is 12.2 Å². The summed E-state index contributed by atoms with van der Waals surface area (Å²) < 4.78 is 11.3. The lowest BCUT2D eigenvalue weighted by molar-refractivity contribution is 0.0818. The highest BCUT2D eigenvalue weighted by atomic mass is 32.1. The first-order chi connectivity index (χ1) is 10.1. The van der Waals surface area contributed by atoms with E-state index in [2.05, 4.69) is 18.9 Å². The van der Waals surface area contributed by atoms with Gasteiger partial charge in [0, 0.05) is 24.8 Å². The quantitative estimate of drug-likeness (QED) is 0.618. The van der Waals surface area contributed by atoms with Crippen LogP contribution in [0.3, 0.4) is 0 Å². The van der Waals surface area contributed by atoms with Crippen molar-refractivity contribution in [1.29, 1.82) is 0 Å². The lowest BCUT2D eigenvalue weighted by Crippen LogP contribution is -2.37. The molecule has 1 aromatic rings. The van der Waals surface area contributed by atoms with Crippen molar-refractivity contribution < 1.29 is 9.47 Å². The van der Waals surface area contributed by atoms with E-state index in [1.54, 1.807) is 0 Å². The molecule has 1 aromatic carbocycles. The third-order valence-corrected chi connectivity index (χ3v) is 4.20. The summed E-state index contributed by atoms with van der Waals surface area (Å²) in [7, 11) is 2.16. The van der Waals surface area contributed by atoms with Crippen molar-refractivity contribution in [3.63, 3.8) is 0 Å². The third kappa shape index (κ3) is 4.66. The number of nitrogens with two attached hydrogens (primary N) is 1. The first-order valence-corrected chi connectivity index (χ1v) is 7.83. The molecule has 0 radical (unpaired) electrons. The zero-order valence-electron chi connectivity index (χ0n) is 12.7. The van der Waals surface area contributed by atoms with E-state index in [1.807, 2.05) is 24.3 Å². The zero-order valence-corrected chi connectivity index (χ0v) is 13.6. The van der Waals surface area contributed by atoms with Crippen LogP contribution in [0.1, 0.15) is 25.3 Å². The molecule has 0 spiro atoms. The van der Waals surface area contributed by atoms with Gasteiger partial charge in [-0.25, -0.2) is 0 Å². The van der Waals surface area contributed by atoms with Gasteiger partial charge in [-0.3, -0.25) is 0 Å². The second kappa shape index (κ2) is 7.73. The van der Waals surface area contributed by atoms with Gasteiger partial charge in [-0.2, -0.15) is 0 Å². The van der Waals surface area contributed by atoms with Crippen molar-refractivity contribution in [3.05, 3.63) is 29.8 Å². The van der Waals surface area contributed by atoms with Crippen molar-refractivity contribution in [2.45, 2.75) is 31.9 Å². The highest BCUT2D eigenvalue weighted by Gasteiger charge is 2.27. The van der Waals surface area contributed by atoms with Crippen molar-refractivity contribution in [1.82, 2.24) is 4.90 Å². The molecule has 0 aromatic heterocycles. The normalized spacial score (nSPS) is 21.7. The molecule has 0 bridgehead atoms. The molecule has 2 N–H and O–H groups in total. The molecule has 1 heterocycles. The highest BCUT2D eigenvalue weighted by Crippen LogP contribution is 2.18.